The van der Waals surface area contributed by atoms with Gasteiger partial charge >= 0.3 is 0 Å². The summed E-state index contributed by atoms with van der Waals surface area (Å²) in [5.41, 5.74) is 0. The van der Waals surface area contributed by atoms with E-state index >= 15 is 0 Å². The number of nitrogens with zero attached hydrogens (tertiary/aromatic N) is 4. The van der Waals surface area contributed by atoms with E-state index in [9.17, 15) is 36.0 Å². The predicted octanol–water partition coefficient (Wildman–Crippen LogP) is 2.89. The number of amides is 4. The van der Waals surface area contributed by atoms with E-state index in [0.29, 0.717) is 83.4 Å². The number of rotatable bonds is 12. The normalized spacial score (nSPS) is 24.5. The number of hydrogen-bond acceptors (Lipinski definition) is 10. The van der Waals surface area contributed by atoms with Crippen molar-refractivity contribution in [2.24, 2.45) is 11.8 Å². The summed E-state index contributed by atoms with van der Waals surface area (Å²) in [5.74, 6) is -1.33. The minimum absolute atomic E-state index is 0.0126. The molecule has 6 heterocycles. The van der Waals surface area contributed by atoms with Gasteiger partial charge in [-0.15, -0.1) is 22.7 Å². The second-order valence-corrected chi connectivity index (χ2v) is 20.4. The third-order valence-electron chi connectivity index (χ3n) is 9.62. The highest BCUT2D eigenvalue weighted by atomic mass is 35.5. The molecule has 14 nitrogen and oxygen atoms in total. The fourth-order valence-corrected chi connectivity index (χ4v) is 11.4. The lowest BCUT2D eigenvalue weighted by Gasteiger charge is -2.46. The van der Waals surface area contributed by atoms with Crippen LogP contribution in [-0.2, 0) is 39.2 Å². The quantitative estimate of drug-likeness (QED) is 0.328. The van der Waals surface area contributed by atoms with Crippen LogP contribution in [0.15, 0.2) is 35.1 Å². The first-order valence-corrected chi connectivity index (χ1v) is 22.7. The fourth-order valence-electron chi connectivity index (χ4n) is 7.25. The Balaban J connectivity index is 0.973. The van der Waals surface area contributed by atoms with Gasteiger partial charge in [0, 0.05) is 59.8 Å². The van der Waals surface area contributed by atoms with E-state index in [1.54, 1.807) is 34.1 Å². The molecule has 0 radical (unpaired) electrons. The van der Waals surface area contributed by atoms with Gasteiger partial charge < -0.3 is 19.6 Å². The number of sulfonamides is 2. The smallest absolute Gasteiger partial charge is 0.242 e. The molecule has 4 fully saturated rings. The molecule has 0 spiro atoms. The average Bonchev–Trinajstić information content (AvgIpc) is 3.73. The highest BCUT2D eigenvalue weighted by Gasteiger charge is 2.40. The van der Waals surface area contributed by atoms with Crippen LogP contribution >= 0.6 is 45.9 Å². The van der Waals surface area contributed by atoms with Crippen molar-refractivity contribution in [2.75, 3.05) is 52.4 Å². The number of carbonyl (C=O) groups excluding carboxylic acids is 4. The number of fused-ring (bicyclic) bond motifs is 2. The minimum Gasteiger partial charge on any atom is -0.340 e. The van der Waals surface area contributed by atoms with Crippen molar-refractivity contribution >= 4 is 102 Å². The van der Waals surface area contributed by atoms with Crippen LogP contribution in [0.2, 0.25) is 8.67 Å². The molecule has 0 saturated carbocycles. The van der Waals surface area contributed by atoms with Crippen molar-refractivity contribution in [1.82, 2.24) is 29.0 Å². The second-order valence-electron chi connectivity index (χ2n) is 13.7. The van der Waals surface area contributed by atoms with Crippen LogP contribution in [-0.4, -0.2) is 125 Å². The molecule has 53 heavy (non-hydrogen) atoms. The molecule has 6 rings (SSSR count). The number of hydrogen-bond donors (Lipinski definition) is 2. The zero-order valence-electron chi connectivity index (χ0n) is 28.6. The van der Waals surface area contributed by atoms with Gasteiger partial charge in [0.25, 0.3) is 0 Å². The van der Waals surface area contributed by atoms with E-state index in [2.05, 4.69) is 9.44 Å². The van der Waals surface area contributed by atoms with E-state index in [0.717, 1.165) is 17.2 Å². The third kappa shape index (κ3) is 10.7. The highest BCUT2D eigenvalue weighted by Crippen LogP contribution is 2.30. The first kappa shape index (κ1) is 39.8. The Hall–Kier alpha value is -2.84. The van der Waals surface area contributed by atoms with Gasteiger partial charge in [0.15, 0.2) is 0 Å². The summed E-state index contributed by atoms with van der Waals surface area (Å²) in [6.07, 6.45) is 5.37. The van der Waals surface area contributed by atoms with Gasteiger partial charge in [-0.2, -0.15) is 9.44 Å². The molecule has 0 aliphatic carbocycles. The first-order valence-electron chi connectivity index (χ1n) is 17.2. The van der Waals surface area contributed by atoms with Crippen molar-refractivity contribution < 1.29 is 36.0 Å². The molecule has 20 heteroatoms. The van der Waals surface area contributed by atoms with E-state index in [1.807, 2.05) is 0 Å². The number of carbonyl (C=O) groups is 4. The van der Waals surface area contributed by atoms with Crippen LogP contribution in [0.3, 0.4) is 0 Å². The summed E-state index contributed by atoms with van der Waals surface area (Å²) in [6.45, 7) is 1.99. The van der Waals surface area contributed by atoms with Gasteiger partial charge in [0.2, 0.25) is 43.7 Å². The highest BCUT2D eigenvalue weighted by molar-refractivity contribution is 7.92. The molecule has 0 unspecified atom stereocenters. The van der Waals surface area contributed by atoms with Gasteiger partial charge in [-0.05, 0) is 80.4 Å². The lowest BCUT2D eigenvalue weighted by Crippen LogP contribution is -2.59. The molecule has 2 atom stereocenters. The van der Waals surface area contributed by atoms with Gasteiger partial charge in [0.1, 0.15) is 12.1 Å². The lowest BCUT2D eigenvalue weighted by molar-refractivity contribution is -0.148. The topological polar surface area (TPSA) is 174 Å². The molecule has 4 saturated heterocycles. The van der Waals surface area contributed by atoms with Crippen molar-refractivity contribution in [3.05, 3.63) is 53.5 Å². The Labute approximate surface area is 326 Å². The number of thiophene rings is 2. The molecule has 2 bridgehead atoms. The fraction of sp³-hybridized carbons (Fsp3) is 0.515. The minimum atomic E-state index is -3.93. The number of piperidine rings is 4. The van der Waals surface area contributed by atoms with Gasteiger partial charge in [-0.3, -0.25) is 19.2 Å². The molecule has 2 aromatic rings. The second kappa shape index (κ2) is 16.9. The van der Waals surface area contributed by atoms with Crippen LogP contribution in [0.25, 0.3) is 12.2 Å². The Bertz CT molecular complexity index is 1850. The molecule has 288 valence electrons. The van der Waals surface area contributed by atoms with E-state index in [-0.39, 0.29) is 36.7 Å². The Morgan fingerprint density at radius 2 is 1.09 bits per heavy atom. The lowest BCUT2D eigenvalue weighted by atomic mass is 9.84. The van der Waals surface area contributed by atoms with Gasteiger partial charge in [0.05, 0.1) is 21.8 Å². The Kier molecular flexibility index (Phi) is 12.7. The van der Waals surface area contributed by atoms with E-state index in [4.69, 9.17) is 23.2 Å². The summed E-state index contributed by atoms with van der Waals surface area (Å²) >= 11 is 14.3. The predicted molar refractivity (Wildman–Crippen MR) is 205 cm³/mol. The summed E-state index contributed by atoms with van der Waals surface area (Å²) in [4.78, 5) is 61.0. The molecule has 0 aromatic carbocycles. The first-order chi connectivity index (χ1) is 25.1. The van der Waals surface area contributed by atoms with E-state index < -0.39 is 43.9 Å². The van der Waals surface area contributed by atoms with Crippen LogP contribution in [0, 0.1) is 11.8 Å². The maximum absolute atomic E-state index is 13.4. The zero-order valence-corrected chi connectivity index (χ0v) is 33.3. The number of nitrogens with one attached hydrogen (secondary N) is 2. The molecular weight excluding hydrogens is 808 g/mol. The number of halogens is 2. The maximum Gasteiger partial charge on any atom is 0.242 e. The van der Waals surface area contributed by atoms with Crippen molar-refractivity contribution in [1.29, 1.82) is 0 Å². The SMILES string of the molecule is O=C(CN1CCC[C@H](NS(=O)(=O)C=Cc2ccc(Cl)s2)C1=O)N1CC2CC(C1)CN(C(=O)CN1CCC[C@H](NS(=O)(=O)C=Cc3ccc(Cl)s3)C1=O)C2. The summed E-state index contributed by atoms with van der Waals surface area (Å²) in [6, 6.07) is 4.75. The van der Waals surface area contributed by atoms with Crippen LogP contribution < -0.4 is 9.44 Å². The summed E-state index contributed by atoms with van der Waals surface area (Å²) < 4.78 is 56.7. The van der Waals surface area contributed by atoms with Gasteiger partial charge in [-0.25, -0.2) is 16.8 Å². The third-order valence-corrected chi connectivity index (χ3v) is 14.2. The monoisotopic (exact) mass is 846 g/mol. The maximum atomic E-state index is 13.4. The molecule has 4 aliphatic rings. The Morgan fingerprint density at radius 3 is 1.45 bits per heavy atom. The van der Waals surface area contributed by atoms with Crippen molar-refractivity contribution in [2.45, 2.75) is 44.2 Å². The molecule has 4 aliphatic heterocycles. The zero-order chi connectivity index (χ0) is 37.9. The van der Waals surface area contributed by atoms with Crippen LogP contribution in [0.5, 0.6) is 0 Å². The average molecular weight is 848 g/mol. The van der Waals surface area contributed by atoms with Crippen molar-refractivity contribution in [3.63, 3.8) is 0 Å². The molecule has 2 N–H and O–H groups in total. The standard InChI is InChI=1S/C33H40Cl2N6O8S4/c34-28-7-5-24(50-28)9-13-52(46,47)36-26-3-1-11-38(32(26)44)20-30(42)40-16-22-15-23(17-40)19-41(18-22)31(43)21-39-12-2-4-27(33(39)45)37-53(48,49)14-10-25-6-8-29(35)51-25/h5-10,13-14,22-23,26-27,36-37H,1-4,11-12,15-21H2/t22?,23?,26-,27-/m0/s1. The van der Waals surface area contributed by atoms with Crippen molar-refractivity contribution in [3.8, 4) is 0 Å². The van der Waals surface area contributed by atoms with Crippen LogP contribution in [0.1, 0.15) is 41.9 Å². The number of likely N-dealkylation sites (tertiary alicyclic amines) is 4. The van der Waals surface area contributed by atoms with Gasteiger partial charge in [-0.1, -0.05) is 23.2 Å². The molecule has 2 aromatic heterocycles. The van der Waals surface area contributed by atoms with E-state index in [1.165, 1.54) is 44.6 Å². The molecular formula is C33H40Cl2N6O8S4. The summed E-state index contributed by atoms with van der Waals surface area (Å²) in [7, 11) is -7.86. The van der Waals surface area contributed by atoms with Crippen LogP contribution in [0.4, 0.5) is 0 Å². The molecule has 4 amide bonds. The Morgan fingerprint density at radius 1 is 0.698 bits per heavy atom. The largest absolute Gasteiger partial charge is 0.340 e. The summed E-state index contributed by atoms with van der Waals surface area (Å²) in [5, 5.41) is 2.01.